The molecule has 1 fully saturated rings. The smallest absolute Gasteiger partial charge is 0.00115 e. The quantitative estimate of drug-likeness (QED) is 0.506. The van der Waals surface area contributed by atoms with E-state index in [4.69, 9.17) is 0 Å². The van der Waals surface area contributed by atoms with Crippen molar-refractivity contribution in [2.24, 2.45) is 23.7 Å². The minimum Gasteiger partial charge on any atom is -0.0770 e. The molecule has 0 aromatic carbocycles. The maximum Gasteiger partial charge on any atom is -0.00115 e. The number of hydrogen-bond donors (Lipinski definition) is 0. The van der Waals surface area contributed by atoms with Crippen molar-refractivity contribution in [3.05, 3.63) is 46.6 Å². The molecule has 0 amide bonds. The van der Waals surface area contributed by atoms with Crippen molar-refractivity contribution < 1.29 is 0 Å². The second kappa shape index (κ2) is 6.93. The van der Waals surface area contributed by atoms with E-state index in [1.165, 1.54) is 83.5 Å². The Kier molecular flexibility index (Phi) is 4.48. The number of allylic oxidation sites excluding steroid dienone is 8. The first-order valence-corrected chi connectivity index (χ1v) is 11.2. The van der Waals surface area contributed by atoms with E-state index in [9.17, 15) is 0 Å². The molecular formula is C25H34. The first kappa shape index (κ1) is 16.2. The van der Waals surface area contributed by atoms with Crippen LogP contribution in [-0.2, 0) is 0 Å². The molecule has 4 atom stereocenters. The molecule has 0 heteroatoms. The third kappa shape index (κ3) is 3.11. The second-order valence-electron chi connectivity index (χ2n) is 9.37. The number of rotatable bonds is 4. The predicted octanol–water partition coefficient (Wildman–Crippen LogP) is 7.30. The van der Waals surface area contributed by atoms with Crippen molar-refractivity contribution in [1.82, 2.24) is 0 Å². The average Bonchev–Trinajstić information content (AvgIpc) is 3.36. The van der Waals surface area contributed by atoms with E-state index in [0.717, 1.165) is 23.7 Å². The lowest BCUT2D eigenvalue weighted by Crippen LogP contribution is -2.17. The zero-order valence-corrected chi connectivity index (χ0v) is 15.8. The highest BCUT2D eigenvalue weighted by molar-refractivity contribution is 5.39. The van der Waals surface area contributed by atoms with Gasteiger partial charge >= 0.3 is 0 Å². The Morgan fingerprint density at radius 3 is 1.60 bits per heavy atom. The van der Waals surface area contributed by atoms with Crippen LogP contribution in [0.3, 0.4) is 0 Å². The van der Waals surface area contributed by atoms with Gasteiger partial charge in [-0.05, 0) is 99.0 Å². The van der Waals surface area contributed by atoms with Gasteiger partial charge in [-0.3, -0.25) is 0 Å². The van der Waals surface area contributed by atoms with Crippen LogP contribution in [0, 0.1) is 23.7 Å². The van der Waals surface area contributed by atoms with Gasteiger partial charge in [0.1, 0.15) is 0 Å². The summed E-state index contributed by atoms with van der Waals surface area (Å²) in [4.78, 5) is 0. The highest BCUT2D eigenvalue weighted by atomic mass is 14.4. The van der Waals surface area contributed by atoms with Gasteiger partial charge in [-0.15, -0.1) is 0 Å². The van der Waals surface area contributed by atoms with E-state index in [1.807, 2.05) is 11.1 Å². The Bertz CT molecular complexity index is 585. The molecule has 0 aromatic heterocycles. The van der Waals surface area contributed by atoms with Crippen molar-refractivity contribution in [2.45, 2.75) is 83.5 Å². The molecule has 134 valence electrons. The van der Waals surface area contributed by atoms with Crippen molar-refractivity contribution in [2.75, 3.05) is 0 Å². The van der Waals surface area contributed by atoms with Crippen LogP contribution >= 0.6 is 0 Å². The SMILES string of the molecule is C1=CC(C[C@H]2CCC[C@@H]2CC2C=CC3=C2CCCC3)C2=C1CCCC2. The minimum atomic E-state index is 0.810. The molecule has 0 aliphatic heterocycles. The van der Waals surface area contributed by atoms with E-state index < -0.39 is 0 Å². The van der Waals surface area contributed by atoms with Crippen molar-refractivity contribution >= 4 is 0 Å². The molecule has 25 heavy (non-hydrogen) atoms. The van der Waals surface area contributed by atoms with Gasteiger partial charge in [0.2, 0.25) is 0 Å². The maximum absolute atomic E-state index is 2.57. The van der Waals surface area contributed by atoms with Crippen LogP contribution in [0.25, 0.3) is 0 Å². The highest BCUT2D eigenvalue weighted by Crippen LogP contribution is 2.47. The zero-order chi connectivity index (χ0) is 16.6. The Labute approximate surface area is 154 Å². The van der Waals surface area contributed by atoms with Crippen molar-refractivity contribution in [3.8, 4) is 0 Å². The molecule has 2 unspecified atom stereocenters. The molecular weight excluding hydrogens is 300 g/mol. The third-order valence-corrected chi connectivity index (χ3v) is 7.99. The molecule has 0 aromatic rings. The topological polar surface area (TPSA) is 0 Å². The molecule has 0 saturated heterocycles. The third-order valence-electron chi connectivity index (χ3n) is 7.99. The van der Waals surface area contributed by atoms with Gasteiger partial charge in [-0.2, -0.15) is 0 Å². The number of hydrogen-bond acceptors (Lipinski definition) is 0. The second-order valence-corrected chi connectivity index (χ2v) is 9.37. The van der Waals surface area contributed by atoms with Gasteiger partial charge in [0.05, 0.1) is 0 Å². The molecule has 5 aliphatic rings. The molecule has 1 saturated carbocycles. The van der Waals surface area contributed by atoms with Crippen molar-refractivity contribution in [3.63, 3.8) is 0 Å². The van der Waals surface area contributed by atoms with Gasteiger partial charge in [0.25, 0.3) is 0 Å². The minimum absolute atomic E-state index is 0.810. The standard InChI is InChI=1S/C25H34/c1-3-10-24-18(6-1)12-14-22(24)16-20-8-5-9-21(20)17-23-15-13-19-7-2-4-11-25(19)23/h12-15,20-23H,1-11,16-17H2/t20-,21-,22?,23?/m1/s1. The molecule has 0 N–H and O–H groups in total. The van der Waals surface area contributed by atoms with Gasteiger partial charge in [-0.1, -0.05) is 54.7 Å². The molecule has 0 nitrogen and oxygen atoms in total. The van der Waals surface area contributed by atoms with Crippen molar-refractivity contribution in [1.29, 1.82) is 0 Å². The first-order chi connectivity index (χ1) is 12.4. The van der Waals surface area contributed by atoms with Gasteiger partial charge in [0.15, 0.2) is 0 Å². The lowest BCUT2D eigenvalue weighted by molar-refractivity contribution is 0.304. The van der Waals surface area contributed by atoms with Crippen LogP contribution in [0.5, 0.6) is 0 Å². The Morgan fingerprint density at radius 1 is 0.600 bits per heavy atom. The largest absolute Gasteiger partial charge is 0.0770 e. The zero-order valence-electron chi connectivity index (χ0n) is 15.8. The summed E-state index contributed by atoms with van der Waals surface area (Å²) in [5.74, 6) is 3.60. The van der Waals surface area contributed by atoms with Gasteiger partial charge < -0.3 is 0 Å². The van der Waals surface area contributed by atoms with E-state index in [0.29, 0.717) is 0 Å². The van der Waals surface area contributed by atoms with E-state index in [2.05, 4.69) is 24.3 Å². The molecule has 0 heterocycles. The summed E-state index contributed by atoms with van der Waals surface area (Å²) in [5.41, 5.74) is 7.13. The van der Waals surface area contributed by atoms with Gasteiger partial charge in [-0.25, -0.2) is 0 Å². The Balaban J connectivity index is 1.24. The highest BCUT2D eigenvalue weighted by Gasteiger charge is 2.34. The summed E-state index contributed by atoms with van der Waals surface area (Å²) < 4.78 is 0. The van der Waals surface area contributed by atoms with E-state index >= 15 is 0 Å². The Hall–Kier alpha value is -1.04. The first-order valence-electron chi connectivity index (χ1n) is 11.2. The molecule has 0 bridgehead atoms. The fourth-order valence-electron chi connectivity index (χ4n) is 6.66. The van der Waals surface area contributed by atoms with Crippen LogP contribution in [-0.4, -0.2) is 0 Å². The van der Waals surface area contributed by atoms with E-state index in [-0.39, 0.29) is 0 Å². The van der Waals surface area contributed by atoms with Crippen LogP contribution < -0.4 is 0 Å². The summed E-state index contributed by atoms with van der Waals surface area (Å²) in [6, 6.07) is 0. The lowest BCUT2D eigenvalue weighted by atomic mass is 9.77. The fourth-order valence-corrected chi connectivity index (χ4v) is 6.66. The molecule has 0 spiro atoms. The normalized spacial score (nSPS) is 37.1. The predicted molar refractivity (Wildman–Crippen MR) is 106 cm³/mol. The molecule has 5 rings (SSSR count). The van der Waals surface area contributed by atoms with Crippen LogP contribution in [0.15, 0.2) is 46.6 Å². The van der Waals surface area contributed by atoms with Crippen LogP contribution in [0.2, 0.25) is 0 Å². The summed E-state index contributed by atoms with van der Waals surface area (Å²) in [6.45, 7) is 0. The monoisotopic (exact) mass is 334 g/mol. The van der Waals surface area contributed by atoms with Crippen LogP contribution in [0.1, 0.15) is 83.5 Å². The molecule has 0 radical (unpaired) electrons. The van der Waals surface area contributed by atoms with E-state index in [1.54, 1.807) is 11.1 Å². The lowest BCUT2D eigenvalue weighted by Gasteiger charge is -2.28. The summed E-state index contributed by atoms with van der Waals surface area (Å²) in [7, 11) is 0. The fraction of sp³-hybridized carbons (Fsp3) is 0.680. The Morgan fingerprint density at radius 2 is 1.08 bits per heavy atom. The molecule has 5 aliphatic carbocycles. The summed E-state index contributed by atoms with van der Waals surface area (Å²) in [5, 5.41) is 0. The summed E-state index contributed by atoms with van der Waals surface area (Å²) >= 11 is 0. The maximum atomic E-state index is 2.57. The average molecular weight is 335 g/mol. The summed E-state index contributed by atoms with van der Waals surface area (Å²) in [6.07, 6.45) is 28.8. The van der Waals surface area contributed by atoms with Gasteiger partial charge in [0, 0.05) is 0 Å². The van der Waals surface area contributed by atoms with Crippen LogP contribution in [0.4, 0.5) is 0 Å².